The van der Waals surface area contributed by atoms with E-state index in [9.17, 15) is 5.11 Å². The number of aryl methyl sites for hydroxylation is 1. The predicted molar refractivity (Wildman–Crippen MR) is 77.5 cm³/mol. The molecule has 19 heavy (non-hydrogen) atoms. The molecule has 3 nitrogen and oxygen atoms in total. The van der Waals surface area contributed by atoms with Crippen molar-refractivity contribution in [1.29, 1.82) is 0 Å². The van der Waals surface area contributed by atoms with Crippen molar-refractivity contribution in [3.63, 3.8) is 0 Å². The molecule has 1 aliphatic rings. The molecular formula is C15H23BO3. The maximum absolute atomic E-state index is 9.71. The lowest BCUT2D eigenvalue weighted by molar-refractivity contribution is 0.00578. The molecule has 0 spiro atoms. The molecule has 1 aliphatic heterocycles. The van der Waals surface area contributed by atoms with Gasteiger partial charge in [0.25, 0.3) is 0 Å². The van der Waals surface area contributed by atoms with Crippen LogP contribution in [0.15, 0.2) is 18.2 Å². The lowest BCUT2D eigenvalue weighted by Crippen LogP contribution is -2.41. The minimum Gasteiger partial charge on any atom is -0.399 e. The van der Waals surface area contributed by atoms with E-state index in [1.807, 2.05) is 52.8 Å². The largest absolute Gasteiger partial charge is 0.495 e. The zero-order valence-electron chi connectivity index (χ0n) is 12.7. The summed E-state index contributed by atoms with van der Waals surface area (Å²) in [5.41, 5.74) is 2.31. The number of hydrogen-bond donors (Lipinski definition) is 1. The van der Waals surface area contributed by atoms with Gasteiger partial charge in [0.2, 0.25) is 0 Å². The van der Waals surface area contributed by atoms with Crippen LogP contribution in [-0.2, 0) is 9.31 Å². The van der Waals surface area contributed by atoms with Crippen molar-refractivity contribution in [2.45, 2.75) is 58.8 Å². The number of hydrogen-bond acceptors (Lipinski definition) is 3. The van der Waals surface area contributed by atoms with Gasteiger partial charge in [-0.2, -0.15) is 0 Å². The van der Waals surface area contributed by atoms with Crippen LogP contribution in [0.2, 0.25) is 0 Å². The summed E-state index contributed by atoms with van der Waals surface area (Å²) >= 11 is 0. The van der Waals surface area contributed by atoms with Crippen LogP contribution in [0.5, 0.6) is 0 Å². The van der Waals surface area contributed by atoms with Gasteiger partial charge in [-0.05, 0) is 52.6 Å². The van der Waals surface area contributed by atoms with Crippen LogP contribution in [0.3, 0.4) is 0 Å². The standard InChI is InChI=1S/C15H23BO3/c1-10-7-8-12(11(2)17)9-13(10)16-18-14(3,4)15(5,6)19-16/h7-9,11,17H,1-6H3. The molecule has 1 aromatic rings. The summed E-state index contributed by atoms with van der Waals surface area (Å²) in [5.74, 6) is 0. The second-order valence-corrected chi connectivity index (χ2v) is 6.38. The number of aliphatic hydroxyl groups excluding tert-OH is 1. The topological polar surface area (TPSA) is 38.7 Å². The highest BCUT2D eigenvalue weighted by Gasteiger charge is 2.52. The summed E-state index contributed by atoms with van der Waals surface area (Å²) in [7, 11) is -0.372. The van der Waals surface area contributed by atoms with E-state index >= 15 is 0 Å². The van der Waals surface area contributed by atoms with Crippen LogP contribution in [0, 0.1) is 6.92 Å². The van der Waals surface area contributed by atoms with Crippen molar-refractivity contribution in [2.24, 2.45) is 0 Å². The Hall–Kier alpha value is -0.835. The van der Waals surface area contributed by atoms with E-state index in [4.69, 9.17) is 9.31 Å². The Bertz CT molecular complexity index is 464. The molecule has 4 heteroatoms. The van der Waals surface area contributed by atoms with E-state index < -0.39 is 6.10 Å². The van der Waals surface area contributed by atoms with Gasteiger partial charge >= 0.3 is 7.12 Å². The second-order valence-electron chi connectivity index (χ2n) is 6.38. The molecule has 0 radical (unpaired) electrons. The molecule has 0 aliphatic carbocycles. The molecule has 1 N–H and O–H groups in total. The first-order valence-corrected chi connectivity index (χ1v) is 6.78. The van der Waals surface area contributed by atoms with Crippen LogP contribution in [-0.4, -0.2) is 23.4 Å². The van der Waals surface area contributed by atoms with Crippen LogP contribution >= 0.6 is 0 Å². The van der Waals surface area contributed by atoms with Crippen molar-refractivity contribution in [2.75, 3.05) is 0 Å². The Morgan fingerprint density at radius 1 is 1.11 bits per heavy atom. The van der Waals surface area contributed by atoms with Crippen molar-refractivity contribution < 1.29 is 14.4 Å². The fourth-order valence-electron chi connectivity index (χ4n) is 2.14. The molecule has 1 unspecified atom stereocenters. The molecule has 1 aromatic carbocycles. The molecule has 0 aromatic heterocycles. The summed E-state index contributed by atoms with van der Waals surface area (Å²) in [6.45, 7) is 12.0. The zero-order valence-corrected chi connectivity index (χ0v) is 12.7. The Morgan fingerprint density at radius 3 is 2.11 bits per heavy atom. The lowest BCUT2D eigenvalue weighted by atomic mass is 9.75. The third-order valence-electron chi connectivity index (χ3n) is 4.29. The van der Waals surface area contributed by atoms with E-state index in [-0.39, 0.29) is 18.3 Å². The minimum absolute atomic E-state index is 0.342. The highest BCUT2D eigenvalue weighted by Crippen LogP contribution is 2.36. The maximum atomic E-state index is 9.71. The predicted octanol–water partition coefficient (Wildman–Crippen LogP) is 2.35. The van der Waals surface area contributed by atoms with E-state index in [1.165, 1.54) is 0 Å². The first kappa shape index (κ1) is 14.6. The van der Waals surface area contributed by atoms with Gasteiger partial charge in [-0.1, -0.05) is 23.8 Å². The molecular weight excluding hydrogens is 239 g/mol. The van der Waals surface area contributed by atoms with Gasteiger partial charge in [0.05, 0.1) is 17.3 Å². The average Bonchev–Trinajstić information content (AvgIpc) is 2.48. The second kappa shape index (κ2) is 4.62. The SMILES string of the molecule is Cc1ccc(C(C)O)cc1B1OC(C)(C)C(C)(C)O1. The highest BCUT2D eigenvalue weighted by atomic mass is 16.7. The Morgan fingerprint density at radius 2 is 1.63 bits per heavy atom. The Balaban J connectivity index is 2.36. The molecule has 2 rings (SSSR count). The molecule has 0 saturated carbocycles. The van der Waals surface area contributed by atoms with Gasteiger partial charge in [0.15, 0.2) is 0 Å². The maximum Gasteiger partial charge on any atom is 0.495 e. The van der Waals surface area contributed by atoms with Crippen LogP contribution < -0.4 is 5.46 Å². The van der Waals surface area contributed by atoms with Crippen LogP contribution in [0.1, 0.15) is 51.8 Å². The van der Waals surface area contributed by atoms with Gasteiger partial charge in [0.1, 0.15) is 0 Å². The third kappa shape index (κ3) is 2.57. The van der Waals surface area contributed by atoms with Crippen molar-refractivity contribution in [1.82, 2.24) is 0 Å². The highest BCUT2D eigenvalue weighted by molar-refractivity contribution is 6.62. The van der Waals surface area contributed by atoms with Gasteiger partial charge in [-0.25, -0.2) is 0 Å². The number of benzene rings is 1. The number of aliphatic hydroxyl groups is 1. The van der Waals surface area contributed by atoms with Gasteiger partial charge in [-0.3, -0.25) is 0 Å². The van der Waals surface area contributed by atoms with Crippen LogP contribution in [0.25, 0.3) is 0 Å². The van der Waals surface area contributed by atoms with Gasteiger partial charge < -0.3 is 14.4 Å². The van der Waals surface area contributed by atoms with E-state index in [0.29, 0.717) is 0 Å². The minimum atomic E-state index is -0.484. The fourth-order valence-corrected chi connectivity index (χ4v) is 2.14. The quantitative estimate of drug-likeness (QED) is 0.831. The molecule has 1 heterocycles. The molecule has 1 fully saturated rings. The fraction of sp³-hybridized carbons (Fsp3) is 0.600. The van der Waals surface area contributed by atoms with Crippen LogP contribution in [0.4, 0.5) is 0 Å². The normalized spacial score (nSPS) is 22.6. The number of rotatable bonds is 2. The summed E-state index contributed by atoms with van der Waals surface area (Å²) in [6, 6.07) is 5.92. The Labute approximate surface area is 116 Å². The summed E-state index contributed by atoms with van der Waals surface area (Å²) in [5, 5.41) is 9.71. The van der Waals surface area contributed by atoms with Gasteiger partial charge in [-0.15, -0.1) is 0 Å². The van der Waals surface area contributed by atoms with Crippen molar-refractivity contribution in [3.05, 3.63) is 29.3 Å². The van der Waals surface area contributed by atoms with Gasteiger partial charge in [0, 0.05) is 0 Å². The van der Waals surface area contributed by atoms with E-state index in [2.05, 4.69) is 0 Å². The summed E-state index contributed by atoms with van der Waals surface area (Å²) < 4.78 is 12.1. The third-order valence-corrected chi connectivity index (χ3v) is 4.29. The van der Waals surface area contributed by atoms with E-state index in [0.717, 1.165) is 16.6 Å². The Kier molecular flexibility index (Phi) is 3.54. The monoisotopic (exact) mass is 262 g/mol. The van der Waals surface area contributed by atoms with Crippen molar-refractivity contribution in [3.8, 4) is 0 Å². The molecule has 0 amide bonds. The van der Waals surface area contributed by atoms with Crippen molar-refractivity contribution >= 4 is 12.6 Å². The summed E-state index contributed by atoms with van der Waals surface area (Å²) in [4.78, 5) is 0. The van der Waals surface area contributed by atoms with E-state index in [1.54, 1.807) is 6.92 Å². The molecule has 1 atom stereocenters. The lowest BCUT2D eigenvalue weighted by Gasteiger charge is -2.32. The zero-order chi connectivity index (χ0) is 14.4. The molecule has 104 valence electrons. The molecule has 1 saturated heterocycles. The first-order valence-electron chi connectivity index (χ1n) is 6.78. The average molecular weight is 262 g/mol. The summed E-state index contributed by atoms with van der Waals surface area (Å²) in [6.07, 6.45) is -0.484. The smallest absolute Gasteiger partial charge is 0.399 e. The first-order chi connectivity index (χ1) is 8.64. The molecule has 0 bridgehead atoms.